The first-order valence-corrected chi connectivity index (χ1v) is 9.55. The standard InChI is InChI=1S/C10H5Cl7.Mg.H2O4S/c11-4-2-1-3-5(4)9(15)7(13)6(12)8(3,14)10(9,16)17;;1-5(2,3)4/h1-5H;;(H2,1,2,3,4)/q;+2;/p-2. The van der Waals surface area contributed by atoms with Gasteiger partial charge in [-0.2, -0.15) is 0 Å². The zero-order valence-corrected chi connectivity index (χ0v) is 18.3. The van der Waals surface area contributed by atoms with E-state index in [4.69, 9.17) is 98.7 Å². The number of fused-ring (bicyclic) bond motifs is 5. The van der Waals surface area contributed by atoms with Crippen molar-refractivity contribution in [3.05, 3.63) is 22.2 Å². The van der Waals surface area contributed by atoms with Gasteiger partial charge < -0.3 is 9.11 Å². The number of rotatable bonds is 0. The topological polar surface area (TPSA) is 80.3 Å². The molecule has 5 unspecified atom stereocenters. The van der Waals surface area contributed by atoms with Gasteiger partial charge in [-0.25, -0.2) is 0 Å². The molecular formula is C10H5Cl7MgO4S. The Kier molecular flexibility index (Phi) is 7.01. The SMILES string of the molecule is ClC1=C(Cl)C2(Cl)C3C(Cl)C=CC3C1(Cl)C2(Cl)Cl.O=S(=O)([O-])[O-].[Mg+2]. The maximum absolute atomic E-state index is 8.52. The Bertz CT molecular complexity index is 673. The minimum absolute atomic E-state index is 0. The number of allylic oxidation sites excluding steroid dienone is 4. The van der Waals surface area contributed by atoms with E-state index in [1.807, 2.05) is 12.2 Å². The first-order valence-electron chi connectivity index (χ1n) is 5.51. The number of hydrogen-bond acceptors (Lipinski definition) is 4. The van der Waals surface area contributed by atoms with Crippen LogP contribution in [0.4, 0.5) is 0 Å². The molecule has 23 heavy (non-hydrogen) atoms. The molecule has 2 bridgehead atoms. The van der Waals surface area contributed by atoms with Crippen LogP contribution in [0, 0.1) is 11.8 Å². The van der Waals surface area contributed by atoms with Crippen molar-refractivity contribution in [2.75, 3.05) is 0 Å². The Morgan fingerprint density at radius 3 is 1.78 bits per heavy atom. The van der Waals surface area contributed by atoms with E-state index >= 15 is 0 Å². The molecule has 0 aromatic rings. The first-order chi connectivity index (χ1) is 9.70. The molecule has 0 aliphatic heterocycles. The number of halogens is 7. The van der Waals surface area contributed by atoms with Gasteiger partial charge in [0.25, 0.3) is 0 Å². The Morgan fingerprint density at radius 2 is 1.35 bits per heavy atom. The Morgan fingerprint density at radius 1 is 0.957 bits per heavy atom. The van der Waals surface area contributed by atoms with E-state index in [0.717, 1.165) is 0 Å². The number of alkyl halides is 5. The molecule has 3 aliphatic carbocycles. The molecule has 0 N–H and O–H groups in total. The van der Waals surface area contributed by atoms with Gasteiger partial charge in [0.2, 0.25) is 0 Å². The average molecular weight is 494 g/mol. The molecule has 1 fully saturated rings. The zero-order valence-electron chi connectivity index (χ0n) is 10.8. The molecule has 5 atom stereocenters. The molecule has 0 aromatic carbocycles. The summed E-state index contributed by atoms with van der Waals surface area (Å²) in [6.07, 6.45) is 3.69. The fourth-order valence-corrected chi connectivity index (χ4v) is 6.60. The Hall–Kier alpha value is 2.15. The van der Waals surface area contributed by atoms with E-state index in [-0.39, 0.29) is 50.3 Å². The van der Waals surface area contributed by atoms with Crippen LogP contribution in [0.2, 0.25) is 0 Å². The third-order valence-corrected chi connectivity index (χ3v) is 8.61. The van der Waals surface area contributed by atoms with E-state index in [1.165, 1.54) is 0 Å². The van der Waals surface area contributed by atoms with Gasteiger partial charge in [0.05, 0.1) is 15.4 Å². The molecule has 13 heteroatoms. The van der Waals surface area contributed by atoms with Crippen molar-refractivity contribution in [3.8, 4) is 0 Å². The minimum atomic E-state index is -5.17. The summed E-state index contributed by atoms with van der Waals surface area (Å²) in [5, 5.41) is 0.113. The van der Waals surface area contributed by atoms with Crippen LogP contribution in [0.25, 0.3) is 0 Å². The van der Waals surface area contributed by atoms with Crippen LogP contribution >= 0.6 is 81.2 Å². The van der Waals surface area contributed by atoms with Crippen LogP contribution < -0.4 is 0 Å². The second-order valence-electron chi connectivity index (χ2n) is 4.92. The monoisotopic (exact) mass is 490 g/mol. The maximum Gasteiger partial charge on any atom is 2.00 e. The maximum atomic E-state index is 8.52. The summed E-state index contributed by atoms with van der Waals surface area (Å²) in [4.78, 5) is -2.45. The van der Waals surface area contributed by atoms with Crippen molar-refractivity contribution in [2.45, 2.75) is 19.5 Å². The van der Waals surface area contributed by atoms with Gasteiger partial charge >= 0.3 is 23.1 Å². The largest absolute Gasteiger partial charge is 2.00 e. The van der Waals surface area contributed by atoms with E-state index in [9.17, 15) is 0 Å². The minimum Gasteiger partial charge on any atom is -0.759 e. The molecule has 3 aliphatic rings. The molecule has 0 spiro atoms. The van der Waals surface area contributed by atoms with E-state index in [2.05, 4.69) is 0 Å². The van der Waals surface area contributed by atoms with Gasteiger partial charge in [0.1, 0.15) is 9.75 Å². The van der Waals surface area contributed by atoms with Crippen LogP contribution in [-0.4, -0.2) is 60.0 Å². The van der Waals surface area contributed by atoms with Gasteiger partial charge in [0, 0.05) is 22.2 Å². The van der Waals surface area contributed by atoms with Crippen LogP contribution in [-0.2, 0) is 10.4 Å². The summed E-state index contributed by atoms with van der Waals surface area (Å²) < 4.78 is 32.6. The third kappa shape index (κ3) is 3.17. The summed E-state index contributed by atoms with van der Waals surface area (Å²) in [6, 6.07) is 0. The molecular weight excluding hydrogens is 489 g/mol. The second kappa shape index (κ2) is 6.95. The Labute approximate surface area is 184 Å². The molecule has 3 rings (SSSR count). The molecule has 0 radical (unpaired) electrons. The van der Waals surface area contributed by atoms with E-state index < -0.39 is 24.5 Å². The van der Waals surface area contributed by atoms with Crippen molar-refractivity contribution < 1.29 is 17.5 Å². The van der Waals surface area contributed by atoms with Gasteiger partial charge in [-0.15, -0.1) is 34.8 Å². The average Bonchev–Trinajstić information content (AvgIpc) is 2.82. The van der Waals surface area contributed by atoms with Crippen LogP contribution in [0.5, 0.6) is 0 Å². The normalized spacial score (nSPS) is 42.9. The molecule has 4 nitrogen and oxygen atoms in total. The van der Waals surface area contributed by atoms with Gasteiger partial charge in [-0.3, -0.25) is 8.42 Å². The summed E-state index contributed by atoms with van der Waals surface area (Å²) in [7, 11) is -5.17. The molecule has 0 aromatic heterocycles. The smallest absolute Gasteiger partial charge is 0.759 e. The molecule has 126 valence electrons. The summed E-state index contributed by atoms with van der Waals surface area (Å²) >= 11 is 44.5. The fourth-order valence-electron chi connectivity index (χ4n) is 3.08. The van der Waals surface area contributed by atoms with Gasteiger partial charge in [-0.05, 0) is 0 Å². The van der Waals surface area contributed by atoms with Gasteiger partial charge in [0.15, 0.2) is 4.33 Å². The van der Waals surface area contributed by atoms with Crippen molar-refractivity contribution in [3.63, 3.8) is 0 Å². The third-order valence-electron chi connectivity index (χ3n) is 3.90. The van der Waals surface area contributed by atoms with Crippen LogP contribution in [0.1, 0.15) is 0 Å². The predicted molar refractivity (Wildman–Crippen MR) is 92.3 cm³/mol. The molecule has 0 saturated heterocycles. The van der Waals surface area contributed by atoms with Crippen molar-refractivity contribution in [1.29, 1.82) is 0 Å². The quantitative estimate of drug-likeness (QED) is 0.170. The molecule has 0 amide bonds. The molecule has 1 saturated carbocycles. The van der Waals surface area contributed by atoms with Crippen molar-refractivity contribution in [2.24, 2.45) is 11.8 Å². The van der Waals surface area contributed by atoms with Gasteiger partial charge in [-0.1, -0.05) is 58.6 Å². The van der Waals surface area contributed by atoms with Crippen molar-refractivity contribution >= 4 is 115 Å². The van der Waals surface area contributed by atoms with E-state index in [0.29, 0.717) is 0 Å². The summed E-state index contributed by atoms with van der Waals surface area (Å²) in [5.74, 6) is -0.470. The fraction of sp³-hybridized carbons (Fsp3) is 0.600. The van der Waals surface area contributed by atoms with Crippen LogP contribution in [0.15, 0.2) is 22.2 Å². The summed E-state index contributed by atoms with van der Waals surface area (Å²) in [6.45, 7) is 0. The molecule has 0 heterocycles. The van der Waals surface area contributed by atoms with Crippen LogP contribution in [0.3, 0.4) is 0 Å². The predicted octanol–water partition coefficient (Wildman–Crippen LogP) is 3.52. The first kappa shape index (κ1) is 23.2. The van der Waals surface area contributed by atoms with Crippen molar-refractivity contribution in [1.82, 2.24) is 0 Å². The summed E-state index contributed by atoms with van der Waals surface area (Å²) in [5.41, 5.74) is 0. The van der Waals surface area contributed by atoms with E-state index in [1.54, 1.807) is 0 Å². The Balaban J connectivity index is 0.000000390. The second-order valence-corrected chi connectivity index (χ2v) is 9.51. The number of hydrogen-bond donors (Lipinski definition) is 0. The zero-order chi connectivity index (χ0) is 17.3.